The molecule has 0 bridgehead atoms. The van der Waals surface area contributed by atoms with Crippen LogP contribution in [-0.2, 0) is 22.5 Å². The van der Waals surface area contributed by atoms with Crippen molar-refractivity contribution in [3.8, 4) is 0 Å². The van der Waals surface area contributed by atoms with Crippen LogP contribution >= 0.6 is 23.1 Å². The summed E-state index contributed by atoms with van der Waals surface area (Å²) in [6.45, 7) is 8.88. The van der Waals surface area contributed by atoms with Crippen molar-refractivity contribution in [3.05, 3.63) is 56.2 Å². The van der Waals surface area contributed by atoms with Crippen molar-refractivity contribution < 1.29 is 9.53 Å². The maximum Gasteiger partial charge on any atom is 0.263 e. The molecule has 0 fully saturated rings. The Hall–Kier alpha value is -2.16. The van der Waals surface area contributed by atoms with E-state index in [1.54, 1.807) is 23.0 Å². The quantitative estimate of drug-likeness (QED) is 0.388. The molecule has 0 radical (unpaired) electrons. The van der Waals surface area contributed by atoms with Crippen molar-refractivity contribution in [1.82, 2.24) is 14.9 Å². The van der Waals surface area contributed by atoms with E-state index in [4.69, 9.17) is 9.72 Å². The first-order valence-corrected chi connectivity index (χ1v) is 12.1. The van der Waals surface area contributed by atoms with E-state index in [0.29, 0.717) is 23.7 Å². The predicted octanol–water partition coefficient (Wildman–Crippen LogP) is 3.93. The first-order valence-electron chi connectivity index (χ1n) is 10.3. The van der Waals surface area contributed by atoms with Crippen molar-refractivity contribution in [2.75, 3.05) is 19.5 Å². The molecule has 1 unspecified atom stereocenters. The van der Waals surface area contributed by atoms with E-state index in [0.717, 1.165) is 22.4 Å². The molecular weight excluding hydrogens is 430 g/mol. The molecule has 31 heavy (non-hydrogen) atoms. The van der Waals surface area contributed by atoms with Crippen molar-refractivity contribution in [2.24, 2.45) is 0 Å². The minimum atomic E-state index is -0.109. The molecule has 0 aliphatic carbocycles. The summed E-state index contributed by atoms with van der Waals surface area (Å²) in [4.78, 5) is 32.6. The number of ether oxygens (including phenoxy) is 1. The van der Waals surface area contributed by atoms with Crippen LogP contribution in [0.15, 0.2) is 34.2 Å². The number of nitrogens with one attached hydrogen (secondary N) is 1. The highest BCUT2D eigenvalue weighted by Crippen LogP contribution is 2.29. The smallest absolute Gasteiger partial charge is 0.263 e. The molecule has 2 aromatic heterocycles. The highest BCUT2D eigenvalue weighted by molar-refractivity contribution is 7.99. The van der Waals surface area contributed by atoms with E-state index >= 15 is 0 Å². The molecule has 0 aliphatic rings. The normalized spacial score (nSPS) is 12.3. The van der Waals surface area contributed by atoms with Gasteiger partial charge in [0.25, 0.3) is 5.56 Å². The number of benzene rings is 1. The van der Waals surface area contributed by atoms with Gasteiger partial charge in [-0.1, -0.05) is 48.5 Å². The van der Waals surface area contributed by atoms with E-state index in [1.807, 2.05) is 45.0 Å². The van der Waals surface area contributed by atoms with Crippen molar-refractivity contribution in [1.29, 1.82) is 0 Å². The number of amides is 1. The summed E-state index contributed by atoms with van der Waals surface area (Å²) in [6.07, 6.45) is 0.868. The first kappa shape index (κ1) is 23.5. The Kier molecular flexibility index (Phi) is 7.91. The van der Waals surface area contributed by atoms with Gasteiger partial charge in [-0.05, 0) is 38.3 Å². The minimum absolute atomic E-state index is 0.0466. The van der Waals surface area contributed by atoms with Crippen LogP contribution in [0.5, 0.6) is 0 Å². The number of methoxy groups -OCH3 is 1. The van der Waals surface area contributed by atoms with Gasteiger partial charge in [0.2, 0.25) is 5.91 Å². The molecule has 6 nitrogen and oxygen atoms in total. The molecule has 166 valence electrons. The number of nitrogens with zero attached hydrogens (tertiary/aromatic N) is 2. The first-order chi connectivity index (χ1) is 14.8. The maximum atomic E-state index is 13.5. The Balaban J connectivity index is 1.96. The lowest BCUT2D eigenvalue weighted by Crippen LogP contribution is -2.36. The topological polar surface area (TPSA) is 73.2 Å². The van der Waals surface area contributed by atoms with Gasteiger partial charge in [-0.25, -0.2) is 4.98 Å². The third kappa shape index (κ3) is 5.56. The van der Waals surface area contributed by atoms with Gasteiger partial charge < -0.3 is 10.1 Å². The largest absolute Gasteiger partial charge is 0.383 e. The fraction of sp³-hybridized carbons (Fsp3) is 0.435. The molecule has 0 spiro atoms. The molecule has 3 rings (SSSR count). The number of thiophene rings is 1. The second-order valence-electron chi connectivity index (χ2n) is 7.67. The molecular formula is C23H29N3O3S2. The number of aromatic nitrogens is 2. The van der Waals surface area contributed by atoms with E-state index in [-0.39, 0.29) is 23.3 Å². The number of hydrogen-bond acceptors (Lipinski definition) is 6. The molecule has 3 aromatic rings. The second kappa shape index (κ2) is 10.4. The standard InChI is InChI=1S/C23H29N3O3S2/c1-6-18-16(4)20-21(31-18)25-23(30-13-19(27)24-15(3)12-29-5)26(22(20)28)11-17-9-7-14(2)8-10-17/h7-10,15H,6,11-13H2,1-5H3,(H,24,27). The molecule has 1 aromatic carbocycles. The van der Waals surface area contributed by atoms with Crippen LogP contribution in [0, 0.1) is 13.8 Å². The summed E-state index contributed by atoms with van der Waals surface area (Å²) >= 11 is 2.86. The van der Waals surface area contributed by atoms with Crippen LogP contribution in [-0.4, -0.2) is 41.0 Å². The van der Waals surface area contributed by atoms with Crippen molar-refractivity contribution >= 4 is 39.2 Å². The molecule has 0 aliphatic heterocycles. The predicted molar refractivity (Wildman–Crippen MR) is 128 cm³/mol. The van der Waals surface area contributed by atoms with Crippen LogP contribution in [0.4, 0.5) is 0 Å². The number of carbonyl (C=O) groups excluding carboxylic acids is 1. The number of thioether (sulfide) groups is 1. The number of aryl methyl sites for hydroxylation is 3. The zero-order chi connectivity index (χ0) is 22.5. The zero-order valence-corrected chi connectivity index (χ0v) is 20.3. The van der Waals surface area contributed by atoms with Gasteiger partial charge in [0.15, 0.2) is 5.16 Å². The van der Waals surface area contributed by atoms with E-state index in [1.165, 1.54) is 22.2 Å². The van der Waals surface area contributed by atoms with E-state index < -0.39 is 0 Å². The highest BCUT2D eigenvalue weighted by Gasteiger charge is 2.19. The number of fused-ring (bicyclic) bond motifs is 1. The molecule has 0 saturated heterocycles. The Morgan fingerprint density at radius 3 is 2.65 bits per heavy atom. The average molecular weight is 460 g/mol. The third-order valence-electron chi connectivity index (χ3n) is 5.05. The van der Waals surface area contributed by atoms with Crippen molar-refractivity contribution in [3.63, 3.8) is 0 Å². The Morgan fingerprint density at radius 1 is 1.29 bits per heavy atom. The Labute approximate surface area is 191 Å². The Bertz CT molecular complexity index is 1120. The van der Waals surface area contributed by atoms with E-state index in [2.05, 4.69) is 12.2 Å². The van der Waals surface area contributed by atoms with Crippen LogP contribution in [0.2, 0.25) is 0 Å². The van der Waals surface area contributed by atoms with Gasteiger partial charge in [-0.15, -0.1) is 11.3 Å². The molecule has 1 atom stereocenters. The fourth-order valence-electron chi connectivity index (χ4n) is 3.45. The van der Waals surface area contributed by atoms with Crippen molar-refractivity contribution in [2.45, 2.75) is 51.9 Å². The summed E-state index contributed by atoms with van der Waals surface area (Å²) in [5.74, 6) is 0.0765. The van der Waals surface area contributed by atoms with E-state index in [9.17, 15) is 9.59 Å². The second-order valence-corrected chi connectivity index (χ2v) is 9.69. The molecule has 1 amide bonds. The van der Waals surface area contributed by atoms with Crippen LogP contribution < -0.4 is 10.9 Å². The van der Waals surface area contributed by atoms with Crippen LogP contribution in [0.1, 0.15) is 35.4 Å². The zero-order valence-electron chi connectivity index (χ0n) is 18.7. The van der Waals surface area contributed by atoms with Crippen LogP contribution in [0.3, 0.4) is 0 Å². The summed E-state index contributed by atoms with van der Waals surface area (Å²) in [7, 11) is 1.61. The minimum Gasteiger partial charge on any atom is -0.383 e. The molecule has 2 heterocycles. The summed E-state index contributed by atoms with van der Waals surface area (Å²) in [5.41, 5.74) is 3.16. The number of hydrogen-bond donors (Lipinski definition) is 1. The molecule has 0 saturated carbocycles. The lowest BCUT2D eigenvalue weighted by atomic mass is 10.1. The van der Waals surface area contributed by atoms with Gasteiger partial charge in [-0.3, -0.25) is 14.2 Å². The third-order valence-corrected chi connectivity index (χ3v) is 7.36. The van der Waals surface area contributed by atoms with Gasteiger partial charge in [-0.2, -0.15) is 0 Å². The summed E-state index contributed by atoms with van der Waals surface area (Å²) in [6, 6.07) is 8.05. The van der Waals surface area contributed by atoms with Crippen LogP contribution in [0.25, 0.3) is 10.2 Å². The Morgan fingerprint density at radius 2 is 2.00 bits per heavy atom. The SMILES string of the molecule is CCc1sc2nc(SCC(=O)NC(C)COC)n(Cc3ccc(C)cc3)c(=O)c2c1C. The monoisotopic (exact) mass is 459 g/mol. The average Bonchev–Trinajstić information content (AvgIpc) is 3.06. The fourth-order valence-corrected chi connectivity index (χ4v) is 5.41. The maximum absolute atomic E-state index is 13.5. The lowest BCUT2D eigenvalue weighted by Gasteiger charge is -2.14. The number of carbonyl (C=O) groups is 1. The van der Waals surface area contributed by atoms with Gasteiger partial charge in [0.05, 0.1) is 24.3 Å². The summed E-state index contributed by atoms with van der Waals surface area (Å²) in [5, 5.41) is 4.16. The number of rotatable bonds is 9. The highest BCUT2D eigenvalue weighted by atomic mass is 32.2. The van der Waals surface area contributed by atoms with Gasteiger partial charge >= 0.3 is 0 Å². The van der Waals surface area contributed by atoms with Gasteiger partial charge in [0.1, 0.15) is 4.83 Å². The lowest BCUT2D eigenvalue weighted by molar-refractivity contribution is -0.119. The van der Waals surface area contributed by atoms with Gasteiger partial charge in [0, 0.05) is 18.0 Å². The summed E-state index contributed by atoms with van der Waals surface area (Å²) < 4.78 is 6.77. The molecule has 8 heteroatoms. The molecule has 1 N–H and O–H groups in total.